The van der Waals surface area contributed by atoms with E-state index in [2.05, 4.69) is 5.32 Å². The first-order valence-corrected chi connectivity index (χ1v) is 10.3. The van der Waals surface area contributed by atoms with Crippen LogP contribution in [0.1, 0.15) is 17.5 Å². The minimum absolute atomic E-state index is 0.106. The van der Waals surface area contributed by atoms with Gasteiger partial charge in [0.1, 0.15) is 5.75 Å². The molecule has 26 heavy (non-hydrogen) atoms. The van der Waals surface area contributed by atoms with Crippen molar-refractivity contribution in [2.45, 2.75) is 19.3 Å². The quantitative estimate of drug-likeness (QED) is 0.894. The molecule has 0 radical (unpaired) electrons. The highest BCUT2D eigenvalue weighted by atomic mass is 32.2. The number of carbonyl (C=O) groups is 1. The number of anilines is 2. The molecule has 0 spiro atoms. The van der Waals surface area contributed by atoms with Crippen molar-refractivity contribution in [2.75, 3.05) is 28.5 Å². The molecule has 0 saturated carbocycles. The second-order valence-corrected chi connectivity index (χ2v) is 8.57. The second kappa shape index (κ2) is 6.64. The molecule has 4 rings (SSSR count). The van der Waals surface area contributed by atoms with Crippen molar-refractivity contribution in [1.82, 2.24) is 0 Å². The molecule has 6 nitrogen and oxygen atoms in total. The fourth-order valence-electron chi connectivity index (χ4n) is 3.38. The first kappa shape index (κ1) is 16.9. The minimum Gasteiger partial charge on any atom is -0.493 e. The fourth-order valence-corrected chi connectivity index (χ4v) is 4.95. The number of rotatable bonds is 4. The topological polar surface area (TPSA) is 75.7 Å². The largest absolute Gasteiger partial charge is 0.493 e. The van der Waals surface area contributed by atoms with Gasteiger partial charge in [-0.2, -0.15) is 0 Å². The maximum atomic E-state index is 12.3. The van der Waals surface area contributed by atoms with Crippen LogP contribution in [0.2, 0.25) is 0 Å². The van der Waals surface area contributed by atoms with Crippen LogP contribution < -0.4 is 14.4 Å². The predicted octanol–water partition coefficient (Wildman–Crippen LogP) is 2.34. The van der Waals surface area contributed by atoms with Crippen molar-refractivity contribution in [3.05, 3.63) is 53.6 Å². The highest BCUT2D eigenvalue weighted by molar-refractivity contribution is 7.93. The molecule has 2 aromatic carbocycles. The maximum Gasteiger partial charge on any atom is 0.235 e. The van der Waals surface area contributed by atoms with Gasteiger partial charge in [0.2, 0.25) is 15.9 Å². The molecule has 0 unspecified atom stereocenters. The predicted molar refractivity (Wildman–Crippen MR) is 100 cm³/mol. The number of nitrogens with zero attached hydrogens (tertiary/aromatic N) is 1. The number of amides is 1. The summed E-state index contributed by atoms with van der Waals surface area (Å²) < 4.78 is 30.8. The molecule has 2 heterocycles. The third kappa shape index (κ3) is 3.39. The molecule has 0 bridgehead atoms. The van der Waals surface area contributed by atoms with E-state index >= 15 is 0 Å². The monoisotopic (exact) mass is 372 g/mol. The standard InChI is InChI=1S/C19H20N2O4S/c22-19(13-14-2-7-18-15(12-14)8-10-25-18)20-16-3-5-17(6-4-16)21-9-1-11-26(21,23)24/h2-7,12H,1,8-11,13H2,(H,20,22). The molecule has 2 aromatic rings. The van der Waals surface area contributed by atoms with Crippen LogP contribution >= 0.6 is 0 Å². The van der Waals surface area contributed by atoms with Gasteiger partial charge >= 0.3 is 0 Å². The van der Waals surface area contributed by atoms with E-state index in [0.29, 0.717) is 30.9 Å². The van der Waals surface area contributed by atoms with E-state index in [4.69, 9.17) is 4.74 Å². The number of ether oxygens (including phenoxy) is 1. The maximum absolute atomic E-state index is 12.3. The van der Waals surface area contributed by atoms with Gasteiger partial charge in [0, 0.05) is 18.7 Å². The van der Waals surface area contributed by atoms with E-state index in [0.717, 1.165) is 23.3 Å². The summed E-state index contributed by atoms with van der Waals surface area (Å²) in [6.07, 6.45) is 1.81. The van der Waals surface area contributed by atoms with Crippen LogP contribution in [0.5, 0.6) is 5.75 Å². The number of hydrogen-bond donors (Lipinski definition) is 1. The van der Waals surface area contributed by atoms with Gasteiger partial charge in [-0.05, 0) is 47.9 Å². The number of benzene rings is 2. The van der Waals surface area contributed by atoms with E-state index in [-0.39, 0.29) is 18.1 Å². The summed E-state index contributed by atoms with van der Waals surface area (Å²) in [6, 6.07) is 12.8. The van der Waals surface area contributed by atoms with Crippen molar-refractivity contribution in [3.63, 3.8) is 0 Å². The summed E-state index contributed by atoms with van der Waals surface area (Å²) in [6.45, 7) is 1.21. The molecule has 1 saturated heterocycles. The smallest absolute Gasteiger partial charge is 0.235 e. The summed E-state index contributed by atoms with van der Waals surface area (Å²) in [5.74, 6) is 0.990. The van der Waals surface area contributed by atoms with Gasteiger partial charge in [0.05, 0.1) is 24.5 Å². The number of sulfonamides is 1. The number of carbonyl (C=O) groups excluding carboxylic acids is 1. The van der Waals surface area contributed by atoms with E-state index in [1.54, 1.807) is 24.3 Å². The molecule has 136 valence electrons. The summed E-state index contributed by atoms with van der Waals surface area (Å²) in [5, 5.41) is 2.86. The zero-order chi connectivity index (χ0) is 18.1. The van der Waals surface area contributed by atoms with Crippen molar-refractivity contribution in [3.8, 4) is 5.75 Å². The molecule has 1 amide bonds. The molecular weight excluding hydrogens is 352 g/mol. The lowest BCUT2D eigenvalue weighted by Crippen LogP contribution is -2.25. The van der Waals surface area contributed by atoms with Crippen LogP contribution in [0.15, 0.2) is 42.5 Å². The van der Waals surface area contributed by atoms with Crippen molar-refractivity contribution < 1.29 is 17.9 Å². The highest BCUT2D eigenvalue weighted by Gasteiger charge is 2.28. The third-order valence-electron chi connectivity index (χ3n) is 4.66. The first-order valence-electron chi connectivity index (χ1n) is 8.66. The third-order valence-corrected chi connectivity index (χ3v) is 6.53. The first-order chi connectivity index (χ1) is 12.5. The van der Waals surface area contributed by atoms with E-state index in [1.807, 2.05) is 18.2 Å². The lowest BCUT2D eigenvalue weighted by atomic mass is 10.1. The van der Waals surface area contributed by atoms with Crippen LogP contribution in [-0.4, -0.2) is 33.2 Å². The summed E-state index contributed by atoms with van der Waals surface area (Å²) in [5.41, 5.74) is 3.39. The molecular formula is C19H20N2O4S. The van der Waals surface area contributed by atoms with Gasteiger partial charge < -0.3 is 10.1 Å². The number of nitrogens with one attached hydrogen (secondary N) is 1. The SMILES string of the molecule is O=C(Cc1ccc2c(c1)CCO2)Nc1ccc(N2CCCS2(=O)=O)cc1. The van der Waals surface area contributed by atoms with Crippen molar-refractivity contribution in [1.29, 1.82) is 0 Å². The Morgan fingerprint density at radius 3 is 2.69 bits per heavy atom. The Kier molecular flexibility index (Phi) is 4.32. The van der Waals surface area contributed by atoms with Crippen LogP contribution in [0.3, 0.4) is 0 Å². The Balaban J connectivity index is 1.40. The van der Waals surface area contributed by atoms with Crippen molar-refractivity contribution >= 4 is 27.3 Å². The zero-order valence-corrected chi connectivity index (χ0v) is 15.1. The Bertz CT molecular complexity index is 939. The second-order valence-electron chi connectivity index (χ2n) is 6.55. The molecule has 0 aromatic heterocycles. The summed E-state index contributed by atoms with van der Waals surface area (Å²) in [4.78, 5) is 12.3. The Morgan fingerprint density at radius 1 is 1.15 bits per heavy atom. The molecule has 0 atom stereocenters. The fraction of sp³-hybridized carbons (Fsp3) is 0.316. The Labute approximate surface area is 152 Å². The molecule has 2 aliphatic rings. The van der Waals surface area contributed by atoms with Gasteiger partial charge in [-0.25, -0.2) is 8.42 Å². The van der Waals surface area contributed by atoms with Crippen LogP contribution in [0.25, 0.3) is 0 Å². The number of hydrogen-bond acceptors (Lipinski definition) is 4. The van der Waals surface area contributed by atoms with Gasteiger partial charge in [0.25, 0.3) is 0 Å². The average Bonchev–Trinajstić information content (AvgIpc) is 3.20. The van der Waals surface area contributed by atoms with Crippen LogP contribution in [0.4, 0.5) is 11.4 Å². The summed E-state index contributed by atoms with van der Waals surface area (Å²) in [7, 11) is -3.19. The molecule has 0 aliphatic carbocycles. The van der Waals surface area contributed by atoms with Gasteiger partial charge in [-0.3, -0.25) is 9.10 Å². The summed E-state index contributed by atoms with van der Waals surface area (Å²) >= 11 is 0. The van der Waals surface area contributed by atoms with Crippen molar-refractivity contribution in [2.24, 2.45) is 0 Å². The molecule has 7 heteroatoms. The lowest BCUT2D eigenvalue weighted by Gasteiger charge is -2.17. The van der Waals surface area contributed by atoms with Gasteiger partial charge in [-0.1, -0.05) is 12.1 Å². The van der Waals surface area contributed by atoms with Gasteiger partial charge in [-0.15, -0.1) is 0 Å². The van der Waals surface area contributed by atoms with Gasteiger partial charge in [0.15, 0.2) is 0 Å². The Hall–Kier alpha value is -2.54. The van der Waals surface area contributed by atoms with E-state index in [9.17, 15) is 13.2 Å². The van der Waals surface area contributed by atoms with E-state index in [1.165, 1.54) is 4.31 Å². The normalized spacial score (nSPS) is 17.6. The Morgan fingerprint density at radius 2 is 1.96 bits per heavy atom. The number of fused-ring (bicyclic) bond motifs is 1. The zero-order valence-electron chi connectivity index (χ0n) is 14.3. The average molecular weight is 372 g/mol. The highest BCUT2D eigenvalue weighted by Crippen LogP contribution is 2.27. The lowest BCUT2D eigenvalue weighted by molar-refractivity contribution is -0.115. The van der Waals surface area contributed by atoms with E-state index < -0.39 is 10.0 Å². The molecule has 1 N–H and O–H groups in total. The minimum atomic E-state index is -3.19. The van der Waals surface area contributed by atoms with Crippen LogP contribution in [-0.2, 0) is 27.7 Å². The van der Waals surface area contributed by atoms with Crippen LogP contribution in [0, 0.1) is 0 Å². The molecule has 1 fully saturated rings. The molecule has 2 aliphatic heterocycles.